The lowest BCUT2D eigenvalue weighted by Crippen LogP contribution is -2.16. The summed E-state index contributed by atoms with van der Waals surface area (Å²) in [6.07, 6.45) is 0. The second-order valence-electron chi connectivity index (χ2n) is 6.42. The van der Waals surface area contributed by atoms with E-state index in [0.717, 1.165) is 5.56 Å². The summed E-state index contributed by atoms with van der Waals surface area (Å²) in [5.41, 5.74) is 4.27. The molecule has 1 rings (SSSR count). The third-order valence-corrected chi connectivity index (χ3v) is 2.72. The Morgan fingerprint density at radius 1 is 0.733 bits per heavy atom. The molecule has 0 bridgehead atoms. The van der Waals surface area contributed by atoms with E-state index in [-0.39, 0.29) is 10.8 Å². The van der Waals surface area contributed by atoms with Gasteiger partial charge in [-0.15, -0.1) is 0 Å². The van der Waals surface area contributed by atoms with Crippen molar-refractivity contribution in [3.8, 4) is 0 Å². The summed E-state index contributed by atoms with van der Waals surface area (Å²) < 4.78 is 0. The van der Waals surface area contributed by atoms with E-state index in [1.54, 1.807) is 0 Å². The molecule has 0 aromatic heterocycles. The first-order chi connectivity index (χ1) is 6.60. The molecule has 0 saturated carbocycles. The standard InChI is InChI=1S/C15H23/c1-11-8-12(14(2,3)4)10-13(9-11)15(5,6)7/h8-10H,1H2,2-7H3. The topological polar surface area (TPSA) is 0 Å². The van der Waals surface area contributed by atoms with Gasteiger partial charge in [-0.05, 0) is 34.4 Å². The van der Waals surface area contributed by atoms with E-state index in [0.29, 0.717) is 0 Å². The molecule has 1 aromatic rings. The second kappa shape index (κ2) is 3.66. The van der Waals surface area contributed by atoms with Crippen LogP contribution < -0.4 is 0 Å². The maximum absolute atomic E-state index is 4.07. The third kappa shape index (κ3) is 3.09. The highest BCUT2D eigenvalue weighted by Crippen LogP contribution is 2.29. The van der Waals surface area contributed by atoms with Crippen molar-refractivity contribution in [2.24, 2.45) is 0 Å². The van der Waals surface area contributed by atoms with Crippen LogP contribution in [0.25, 0.3) is 0 Å². The summed E-state index contributed by atoms with van der Waals surface area (Å²) >= 11 is 0. The molecular weight excluding hydrogens is 180 g/mol. The van der Waals surface area contributed by atoms with Crippen molar-refractivity contribution in [2.45, 2.75) is 52.4 Å². The highest BCUT2D eigenvalue weighted by atomic mass is 14.2. The predicted octanol–water partition coefficient (Wildman–Crippen LogP) is 4.46. The summed E-state index contributed by atoms with van der Waals surface area (Å²) in [4.78, 5) is 0. The average Bonchev–Trinajstić information content (AvgIpc) is 1.99. The summed E-state index contributed by atoms with van der Waals surface area (Å²) in [5.74, 6) is 0. The minimum atomic E-state index is 0.202. The average molecular weight is 203 g/mol. The van der Waals surface area contributed by atoms with Crippen molar-refractivity contribution in [1.29, 1.82) is 0 Å². The van der Waals surface area contributed by atoms with Gasteiger partial charge in [0.05, 0.1) is 0 Å². The molecule has 0 amide bonds. The normalized spacial score (nSPS) is 13.0. The lowest BCUT2D eigenvalue weighted by molar-refractivity contribution is 0.568. The first-order valence-corrected chi connectivity index (χ1v) is 5.59. The third-order valence-electron chi connectivity index (χ3n) is 2.72. The Bertz CT molecular complexity index is 313. The first-order valence-electron chi connectivity index (χ1n) is 5.59. The van der Waals surface area contributed by atoms with Gasteiger partial charge >= 0.3 is 0 Å². The van der Waals surface area contributed by atoms with Crippen LogP contribution in [0, 0.1) is 6.92 Å². The van der Waals surface area contributed by atoms with Crippen molar-refractivity contribution in [2.75, 3.05) is 0 Å². The Balaban J connectivity index is 3.30. The molecule has 0 N–H and O–H groups in total. The molecule has 0 fully saturated rings. The van der Waals surface area contributed by atoms with Crippen LogP contribution in [-0.2, 0) is 10.8 Å². The van der Waals surface area contributed by atoms with E-state index >= 15 is 0 Å². The molecule has 0 spiro atoms. The lowest BCUT2D eigenvalue weighted by atomic mass is 9.80. The fraction of sp³-hybridized carbons (Fsp3) is 0.533. The molecule has 0 nitrogen and oxygen atoms in total. The number of benzene rings is 1. The van der Waals surface area contributed by atoms with Crippen LogP contribution in [0.5, 0.6) is 0 Å². The maximum atomic E-state index is 4.07. The Hall–Kier alpha value is -0.780. The van der Waals surface area contributed by atoms with E-state index < -0.39 is 0 Å². The van der Waals surface area contributed by atoms with Crippen molar-refractivity contribution in [3.05, 3.63) is 41.8 Å². The zero-order valence-electron chi connectivity index (χ0n) is 10.9. The fourth-order valence-corrected chi connectivity index (χ4v) is 1.56. The SMILES string of the molecule is [CH2]c1cc(C(C)(C)C)cc(C(C)(C)C)c1. The number of hydrogen-bond donors (Lipinski definition) is 0. The molecule has 0 aliphatic carbocycles. The highest BCUT2D eigenvalue weighted by molar-refractivity contribution is 5.38. The van der Waals surface area contributed by atoms with Gasteiger partial charge in [0.2, 0.25) is 0 Å². The molecule has 0 atom stereocenters. The zero-order valence-corrected chi connectivity index (χ0v) is 10.9. The quantitative estimate of drug-likeness (QED) is 0.584. The van der Waals surface area contributed by atoms with Crippen LogP contribution in [0.2, 0.25) is 0 Å². The Labute approximate surface area is 94.7 Å². The minimum Gasteiger partial charge on any atom is -0.0561 e. The molecule has 0 heterocycles. The van der Waals surface area contributed by atoms with Crippen molar-refractivity contribution >= 4 is 0 Å². The monoisotopic (exact) mass is 203 g/mol. The molecule has 0 saturated heterocycles. The number of hydrogen-bond acceptors (Lipinski definition) is 0. The molecule has 0 unspecified atom stereocenters. The molecule has 0 heteroatoms. The van der Waals surface area contributed by atoms with Gasteiger partial charge in [0, 0.05) is 0 Å². The van der Waals surface area contributed by atoms with E-state index in [4.69, 9.17) is 0 Å². The maximum Gasteiger partial charge on any atom is -0.0132 e. The second-order valence-corrected chi connectivity index (χ2v) is 6.42. The van der Waals surface area contributed by atoms with Crippen molar-refractivity contribution < 1.29 is 0 Å². The van der Waals surface area contributed by atoms with E-state index in [1.807, 2.05) is 0 Å². The van der Waals surface area contributed by atoms with Gasteiger partial charge < -0.3 is 0 Å². The van der Waals surface area contributed by atoms with Gasteiger partial charge in [0.15, 0.2) is 0 Å². The Morgan fingerprint density at radius 2 is 1.07 bits per heavy atom. The molecule has 1 radical (unpaired) electrons. The molecule has 1 aromatic carbocycles. The predicted molar refractivity (Wildman–Crippen MR) is 68.3 cm³/mol. The van der Waals surface area contributed by atoms with Crippen LogP contribution in [0.15, 0.2) is 18.2 Å². The van der Waals surface area contributed by atoms with E-state index in [9.17, 15) is 0 Å². The van der Waals surface area contributed by atoms with Crippen LogP contribution in [0.1, 0.15) is 58.2 Å². The molecular formula is C15H23. The highest BCUT2D eigenvalue weighted by Gasteiger charge is 2.19. The van der Waals surface area contributed by atoms with Gasteiger partial charge in [-0.1, -0.05) is 59.7 Å². The van der Waals surface area contributed by atoms with Crippen LogP contribution in [-0.4, -0.2) is 0 Å². The molecule has 15 heavy (non-hydrogen) atoms. The van der Waals surface area contributed by atoms with Gasteiger partial charge in [-0.25, -0.2) is 0 Å². The molecule has 0 aliphatic rings. The Morgan fingerprint density at radius 3 is 1.33 bits per heavy atom. The molecule has 83 valence electrons. The smallest absolute Gasteiger partial charge is 0.0132 e. The lowest BCUT2D eigenvalue weighted by Gasteiger charge is -2.25. The van der Waals surface area contributed by atoms with Gasteiger partial charge in [-0.3, -0.25) is 0 Å². The Kier molecular flexibility index (Phi) is 3.00. The van der Waals surface area contributed by atoms with Crippen molar-refractivity contribution in [1.82, 2.24) is 0 Å². The zero-order chi connectivity index (χ0) is 11.9. The van der Waals surface area contributed by atoms with Gasteiger partial charge in [0.25, 0.3) is 0 Å². The van der Waals surface area contributed by atoms with E-state index in [1.165, 1.54) is 11.1 Å². The largest absolute Gasteiger partial charge is 0.0561 e. The minimum absolute atomic E-state index is 0.202. The summed E-state index contributed by atoms with van der Waals surface area (Å²) in [7, 11) is 0. The van der Waals surface area contributed by atoms with Crippen molar-refractivity contribution in [3.63, 3.8) is 0 Å². The van der Waals surface area contributed by atoms with Crippen LogP contribution in [0.3, 0.4) is 0 Å². The summed E-state index contributed by atoms with van der Waals surface area (Å²) in [5, 5.41) is 0. The fourth-order valence-electron chi connectivity index (χ4n) is 1.56. The van der Waals surface area contributed by atoms with Gasteiger partial charge in [-0.2, -0.15) is 0 Å². The van der Waals surface area contributed by atoms with Crippen LogP contribution >= 0.6 is 0 Å². The number of rotatable bonds is 0. The van der Waals surface area contributed by atoms with E-state index in [2.05, 4.69) is 66.7 Å². The van der Waals surface area contributed by atoms with Gasteiger partial charge in [0.1, 0.15) is 0 Å². The summed E-state index contributed by atoms with van der Waals surface area (Å²) in [6, 6.07) is 6.69. The van der Waals surface area contributed by atoms with Crippen LogP contribution in [0.4, 0.5) is 0 Å². The summed E-state index contributed by atoms with van der Waals surface area (Å²) in [6.45, 7) is 17.5. The first kappa shape index (κ1) is 12.3. The molecule has 0 aliphatic heterocycles.